The van der Waals surface area contributed by atoms with Crippen molar-refractivity contribution in [2.75, 3.05) is 6.54 Å². The van der Waals surface area contributed by atoms with Gasteiger partial charge in [0.1, 0.15) is 5.82 Å². The zero-order valence-corrected chi connectivity index (χ0v) is 15.0. The van der Waals surface area contributed by atoms with Crippen molar-refractivity contribution in [2.45, 2.75) is 17.3 Å². The molecule has 0 spiro atoms. The molecule has 1 aliphatic rings. The summed E-state index contributed by atoms with van der Waals surface area (Å²) in [5.41, 5.74) is 1.61. The van der Waals surface area contributed by atoms with Crippen LogP contribution in [0.25, 0.3) is 5.70 Å². The SMILES string of the molecule is CCN1C(=O)C(I)C[C-]=C1c1ccc(F)cc1.[Y]. The summed E-state index contributed by atoms with van der Waals surface area (Å²) in [5.74, 6) is -0.169. The van der Waals surface area contributed by atoms with Gasteiger partial charge in [0.05, 0.1) is 3.92 Å². The van der Waals surface area contributed by atoms with Gasteiger partial charge in [-0.05, 0) is 19.1 Å². The minimum atomic E-state index is -0.272. The van der Waals surface area contributed by atoms with E-state index in [1.54, 1.807) is 17.0 Å². The number of alkyl halides is 1. The maximum Gasteiger partial charge on any atom is 0.235 e. The van der Waals surface area contributed by atoms with Crippen molar-refractivity contribution in [1.82, 2.24) is 4.90 Å². The number of hydrogen-bond donors (Lipinski definition) is 0. The molecule has 18 heavy (non-hydrogen) atoms. The molecule has 1 aromatic rings. The first-order valence-electron chi connectivity index (χ1n) is 5.45. The summed E-state index contributed by atoms with van der Waals surface area (Å²) in [7, 11) is 0. The molecule has 0 N–H and O–H groups in total. The Bertz CT molecular complexity index is 461. The number of halogens is 2. The monoisotopic (exact) mass is 433 g/mol. The molecule has 1 unspecified atom stereocenters. The van der Waals surface area contributed by atoms with E-state index in [9.17, 15) is 9.18 Å². The van der Waals surface area contributed by atoms with Crippen LogP contribution in [0.5, 0.6) is 0 Å². The van der Waals surface area contributed by atoms with E-state index in [2.05, 4.69) is 28.7 Å². The van der Waals surface area contributed by atoms with Gasteiger partial charge in [-0.15, -0.1) is 17.8 Å². The summed E-state index contributed by atoms with van der Waals surface area (Å²) in [6.07, 6.45) is 3.84. The van der Waals surface area contributed by atoms with Gasteiger partial charge in [0.2, 0.25) is 5.91 Å². The second-order valence-electron chi connectivity index (χ2n) is 3.79. The molecule has 2 nitrogen and oxygen atoms in total. The van der Waals surface area contributed by atoms with Gasteiger partial charge in [-0.2, -0.15) is 5.56 Å². The minimum Gasteiger partial charge on any atom is -0.347 e. The third-order valence-corrected chi connectivity index (χ3v) is 3.66. The Balaban J connectivity index is 0.00000162. The molecule has 1 amide bonds. The summed E-state index contributed by atoms with van der Waals surface area (Å²) in [6.45, 7) is 2.54. The van der Waals surface area contributed by atoms with Gasteiger partial charge in [-0.3, -0.25) is 4.79 Å². The van der Waals surface area contributed by atoms with Gasteiger partial charge in [0.15, 0.2) is 0 Å². The van der Waals surface area contributed by atoms with Crippen LogP contribution in [-0.4, -0.2) is 21.3 Å². The van der Waals surface area contributed by atoms with E-state index in [0.29, 0.717) is 13.0 Å². The number of amides is 1. The number of hydrogen-bond acceptors (Lipinski definition) is 1. The molecule has 1 heterocycles. The van der Waals surface area contributed by atoms with Crippen LogP contribution in [0, 0.1) is 11.9 Å². The van der Waals surface area contributed by atoms with Crippen LogP contribution in [-0.2, 0) is 37.5 Å². The molecule has 0 bridgehead atoms. The fourth-order valence-corrected chi connectivity index (χ4v) is 2.38. The molecular formula is C13H12FINOY-. The first kappa shape index (κ1) is 16.2. The first-order chi connectivity index (χ1) is 8.13. The molecule has 93 valence electrons. The van der Waals surface area contributed by atoms with Gasteiger partial charge in [-0.25, -0.2) is 10.5 Å². The molecule has 0 aliphatic carbocycles. The molecular weight excluding hydrogens is 421 g/mol. The quantitative estimate of drug-likeness (QED) is 0.399. The van der Waals surface area contributed by atoms with Crippen LogP contribution in [0.3, 0.4) is 0 Å². The fourth-order valence-electron chi connectivity index (χ4n) is 1.83. The summed E-state index contributed by atoms with van der Waals surface area (Å²) in [6, 6.07) is 6.17. The summed E-state index contributed by atoms with van der Waals surface area (Å²) < 4.78 is 12.8. The average Bonchev–Trinajstić information content (AvgIpc) is 2.34. The second-order valence-corrected chi connectivity index (χ2v) is 5.29. The third kappa shape index (κ3) is 3.39. The van der Waals surface area contributed by atoms with E-state index in [1.807, 2.05) is 6.92 Å². The van der Waals surface area contributed by atoms with E-state index in [4.69, 9.17) is 0 Å². The van der Waals surface area contributed by atoms with Crippen LogP contribution in [0.15, 0.2) is 24.3 Å². The van der Waals surface area contributed by atoms with Gasteiger partial charge >= 0.3 is 0 Å². The van der Waals surface area contributed by atoms with Crippen LogP contribution in [0.4, 0.5) is 4.39 Å². The van der Waals surface area contributed by atoms with Crippen molar-refractivity contribution in [3.05, 3.63) is 41.7 Å². The molecule has 1 radical (unpaired) electrons. The molecule has 2 rings (SSSR count). The van der Waals surface area contributed by atoms with Crippen molar-refractivity contribution in [3.8, 4) is 0 Å². The van der Waals surface area contributed by atoms with Gasteiger partial charge in [0, 0.05) is 39.3 Å². The fraction of sp³-hybridized carbons (Fsp3) is 0.308. The Labute approximate surface area is 145 Å². The Morgan fingerprint density at radius 2 is 2.06 bits per heavy atom. The minimum absolute atomic E-state index is 0. The van der Waals surface area contributed by atoms with Crippen molar-refractivity contribution >= 4 is 34.2 Å². The van der Waals surface area contributed by atoms with Gasteiger partial charge in [-0.1, -0.05) is 29.0 Å². The number of rotatable bonds is 2. The molecule has 1 atom stereocenters. The molecule has 5 heteroatoms. The van der Waals surface area contributed by atoms with Crippen LogP contribution >= 0.6 is 22.6 Å². The number of allylic oxidation sites excluding steroid dienone is 1. The predicted molar refractivity (Wildman–Crippen MR) is 72.9 cm³/mol. The summed E-state index contributed by atoms with van der Waals surface area (Å²) >= 11 is 2.13. The zero-order valence-electron chi connectivity index (χ0n) is 9.99. The topological polar surface area (TPSA) is 20.3 Å². The number of carbonyl (C=O) groups excluding carboxylic acids is 1. The van der Waals surface area contributed by atoms with E-state index in [1.165, 1.54) is 12.1 Å². The molecule has 0 fully saturated rings. The summed E-state index contributed by atoms with van der Waals surface area (Å²) in [5, 5.41) is 0. The molecule has 0 saturated carbocycles. The number of nitrogens with zero attached hydrogens (tertiary/aromatic N) is 1. The Kier molecular flexibility index (Phi) is 6.41. The molecule has 0 aromatic heterocycles. The van der Waals surface area contributed by atoms with Gasteiger partial charge < -0.3 is 4.90 Å². The average molecular weight is 433 g/mol. The normalized spacial score (nSPS) is 19.3. The van der Waals surface area contributed by atoms with Gasteiger partial charge in [0.25, 0.3) is 0 Å². The maximum atomic E-state index is 12.9. The second kappa shape index (κ2) is 7.10. The molecule has 1 aliphatic heterocycles. The van der Waals surface area contributed by atoms with E-state index < -0.39 is 0 Å². The smallest absolute Gasteiger partial charge is 0.235 e. The van der Waals surface area contributed by atoms with Crippen molar-refractivity contribution in [2.24, 2.45) is 0 Å². The third-order valence-electron chi connectivity index (χ3n) is 2.69. The van der Waals surface area contributed by atoms with Crippen LogP contribution in [0.2, 0.25) is 0 Å². The van der Waals surface area contributed by atoms with Crippen LogP contribution in [0.1, 0.15) is 18.9 Å². The maximum absolute atomic E-state index is 12.9. The van der Waals surface area contributed by atoms with E-state index >= 15 is 0 Å². The Hall–Kier alpha value is 0.194. The molecule has 1 aromatic carbocycles. The largest absolute Gasteiger partial charge is 0.347 e. The van der Waals surface area contributed by atoms with E-state index in [0.717, 1.165) is 11.3 Å². The number of carbonyl (C=O) groups is 1. The Morgan fingerprint density at radius 1 is 1.44 bits per heavy atom. The predicted octanol–water partition coefficient (Wildman–Crippen LogP) is 3.02. The van der Waals surface area contributed by atoms with Crippen molar-refractivity contribution in [1.29, 1.82) is 0 Å². The molecule has 0 saturated heterocycles. The first-order valence-corrected chi connectivity index (χ1v) is 6.70. The Morgan fingerprint density at radius 3 is 2.61 bits per heavy atom. The van der Waals surface area contributed by atoms with Crippen molar-refractivity contribution in [3.63, 3.8) is 0 Å². The zero-order chi connectivity index (χ0) is 12.4. The standard InChI is InChI=1S/C13H12FINO.Y/c1-2-16-12(8-7-11(15)13(16)17)9-3-5-10(14)6-4-9;/h3-6,11H,2,7H2,1H3;/q-1;. The van der Waals surface area contributed by atoms with E-state index in [-0.39, 0.29) is 48.4 Å². The summed E-state index contributed by atoms with van der Waals surface area (Å²) in [4.78, 5) is 13.7. The van der Waals surface area contributed by atoms with Crippen LogP contribution < -0.4 is 0 Å². The number of benzene rings is 1. The van der Waals surface area contributed by atoms with Crippen molar-refractivity contribution < 1.29 is 41.9 Å².